The number of carbonyl (C=O) groups is 1. The Labute approximate surface area is 111 Å². The third kappa shape index (κ3) is 10.5. The van der Waals surface area contributed by atoms with E-state index in [1.54, 1.807) is 0 Å². The van der Waals surface area contributed by atoms with Crippen molar-refractivity contribution in [2.75, 3.05) is 27.2 Å². The number of halogens is 2. The fourth-order valence-corrected chi connectivity index (χ4v) is 1.03. The van der Waals surface area contributed by atoms with Crippen LogP contribution in [0.4, 0.5) is 0 Å². The molecule has 0 saturated heterocycles. The molecule has 0 aromatic carbocycles. The molecule has 1 atom stereocenters. The Kier molecular flexibility index (Phi) is 15.2. The lowest BCUT2D eigenvalue weighted by Gasteiger charge is -2.15. The van der Waals surface area contributed by atoms with Crippen molar-refractivity contribution in [3.05, 3.63) is 0 Å². The van der Waals surface area contributed by atoms with Gasteiger partial charge in [0.15, 0.2) is 0 Å². The SMILES string of the molecule is CC(C)[C@H](N)C(=O)NCCCN(C)C.Cl.Cl. The first-order chi connectivity index (χ1) is 6.45. The summed E-state index contributed by atoms with van der Waals surface area (Å²) in [5, 5.41) is 2.83. The van der Waals surface area contributed by atoms with Crippen LogP contribution in [0.1, 0.15) is 20.3 Å². The molecule has 1 amide bonds. The van der Waals surface area contributed by atoms with Crippen LogP contribution in [-0.2, 0) is 4.79 Å². The molecule has 0 radical (unpaired) electrons. The van der Waals surface area contributed by atoms with Gasteiger partial charge in [-0.25, -0.2) is 0 Å². The number of hydrogen-bond acceptors (Lipinski definition) is 3. The summed E-state index contributed by atoms with van der Waals surface area (Å²) in [4.78, 5) is 13.5. The summed E-state index contributed by atoms with van der Waals surface area (Å²) in [5.74, 6) is 0.155. The van der Waals surface area contributed by atoms with Crippen molar-refractivity contribution < 1.29 is 4.79 Å². The predicted octanol–water partition coefficient (Wildman–Crippen LogP) is 0.881. The van der Waals surface area contributed by atoms with Gasteiger partial charge in [-0.2, -0.15) is 0 Å². The van der Waals surface area contributed by atoms with Gasteiger partial charge in [-0.05, 0) is 33.0 Å². The summed E-state index contributed by atoms with van der Waals surface area (Å²) in [6.07, 6.45) is 0.962. The largest absolute Gasteiger partial charge is 0.355 e. The maximum Gasteiger partial charge on any atom is 0.237 e. The van der Waals surface area contributed by atoms with E-state index in [4.69, 9.17) is 5.73 Å². The van der Waals surface area contributed by atoms with Gasteiger partial charge in [-0.1, -0.05) is 13.8 Å². The van der Waals surface area contributed by atoms with Gasteiger partial charge in [0, 0.05) is 6.54 Å². The quantitative estimate of drug-likeness (QED) is 0.707. The Bertz CT molecular complexity index is 177. The molecule has 4 nitrogen and oxygen atoms in total. The molecule has 0 aromatic heterocycles. The maximum atomic E-state index is 11.4. The van der Waals surface area contributed by atoms with E-state index in [0.717, 1.165) is 13.0 Å². The summed E-state index contributed by atoms with van der Waals surface area (Å²) in [7, 11) is 4.03. The second kappa shape index (κ2) is 11.5. The van der Waals surface area contributed by atoms with E-state index < -0.39 is 0 Å². The van der Waals surface area contributed by atoms with E-state index >= 15 is 0 Å². The van der Waals surface area contributed by atoms with Gasteiger partial charge in [0.2, 0.25) is 5.91 Å². The molecule has 6 heteroatoms. The molecule has 0 bridgehead atoms. The van der Waals surface area contributed by atoms with E-state index in [1.807, 2.05) is 27.9 Å². The van der Waals surface area contributed by atoms with E-state index in [2.05, 4.69) is 10.2 Å². The molecule has 0 saturated carbocycles. The monoisotopic (exact) mass is 273 g/mol. The molecule has 0 heterocycles. The number of amides is 1. The van der Waals surface area contributed by atoms with Crippen molar-refractivity contribution >= 4 is 30.7 Å². The third-order valence-corrected chi connectivity index (χ3v) is 2.10. The topological polar surface area (TPSA) is 58.4 Å². The molecule has 0 aromatic rings. The fourth-order valence-electron chi connectivity index (χ4n) is 1.03. The lowest BCUT2D eigenvalue weighted by atomic mass is 10.1. The molecule has 16 heavy (non-hydrogen) atoms. The molecular formula is C10H25Cl2N3O. The normalized spacial score (nSPS) is 11.7. The average Bonchev–Trinajstić information content (AvgIpc) is 2.10. The van der Waals surface area contributed by atoms with Crippen LogP contribution < -0.4 is 11.1 Å². The highest BCUT2D eigenvalue weighted by Crippen LogP contribution is 1.97. The van der Waals surface area contributed by atoms with Gasteiger partial charge < -0.3 is 16.0 Å². The minimum Gasteiger partial charge on any atom is -0.355 e. The lowest BCUT2D eigenvalue weighted by molar-refractivity contribution is -0.123. The number of nitrogens with zero attached hydrogens (tertiary/aromatic N) is 1. The van der Waals surface area contributed by atoms with Gasteiger partial charge in [0.1, 0.15) is 0 Å². The molecule has 0 aliphatic heterocycles. The molecule has 3 N–H and O–H groups in total. The molecule has 0 fully saturated rings. The van der Waals surface area contributed by atoms with Crippen molar-refractivity contribution in [2.45, 2.75) is 26.3 Å². The summed E-state index contributed by atoms with van der Waals surface area (Å²) in [5.41, 5.74) is 5.68. The third-order valence-electron chi connectivity index (χ3n) is 2.10. The second-order valence-corrected chi connectivity index (χ2v) is 4.22. The zero-order valence-corrected chi connectivity index (χ0v) is 12.2. The summed E-state index contributed by atoms with van der Waals surface area (Å²) in [6, 6.07) is -0.380. The van der Waals surface area contributed by atoms with Crippen LogP contribution in [0, 0.1) is 5.92 Å². The minimum absolute atomic E-state index is 0. The van der Waals surface area contributed by atoms with Gasteiger partial charge in [-0.3, -0.25) is 4.79 Å². The van der Waals surface area contributed by atoms with Crippen LogP contribution in [0.15, 0.2) is 0 Å². The van der Waals surface area contributed by atoms with E-state index in [9.17, 15) is 4.79 Å². The first-order valence-electron chi connectivity index (χ1n) is 5.13. The maximum absolute atomic E-state index is 11.4. The Morgan fingerprint density at radius 1 is 1.31 bits per heavy atom. The van der Waals surface area contributed by atoms with E-state index in [0.29, 0.717) is 6.54 Å². The summed E-state index contributed by atoms with van der Waals surface area (Å²) in [6.45, 7) is 5.59. The van der Waals surface area contributed by atoms with Crippen LogP contribution in [0.5, 0.6) is 0 Å². The van der Waals surface area contributed by atoms with Gasteiger partial charge >= 0.3 is 0 Å². The Balaban J connectivity index is -0.000000845. The van der Waals surface area contributed by atoms with Crippen molar-refractivity contribution in [2.24, 2.45) is 11.7 Å². The van der Waals surface area contributed by atoms with Gasteiger partial charge in [0.25, 0.3) is 0 Å². The Morgan fingerprint density at radius 3 is 2.19 bits per heavy atom. The highest BCUT2D eigenvalue weighted by Gasteiger charge is 2.15. The average molecular weight is 274 g/mol. The minimum atomic E-state index is -0.380. The molecule has 0 aliphatic rings. The Hall–Kier alpha value is -0.0300. The molecule has 0 spiro atoms. The van der Waals surface area contributed by atoms with Crippen LogP contribution in [0.3, 0.4) is 0 Å². The number of rotatable bonds is 6. The molecule has 0 rings (SSSR count). The smallest absolute Gasteiger partial charge is 0.237 e. The predicted molar refractivity (Wildman–Crippen MR) is 73.5 cm³/mol. The highest BCUT2D eigenvalue weighted by molar-refractivity contribution is 5.85. The van der Waals surface area contributed by atoms with Crippen LogP contribution in [-0.4, -0.2) is 44.0 Å². The van der Waals surface area contributed by atoms with Crippen LogP contribution in [0.25, 0.3) is 0 Å². The van der Waals surface area contributed by atoms with E-state index in [1.165, 1.54) is 0 Å². The van der Waals surface area contributed by atoms with Gasteiger partial charge in [-0.15, -0.1) is 24.8 Å². The number of carbonyl (C=O) groups excluding carboxylic acids is 1. The Morgan fingerprint density at radius 2 is 1.81 bits per heavy atom. The van der Waals surface area contributed by atoms with Crippen molar-refractivity contribution in [1.82, 2.24) is 10.2 Å². The van der Waals surface area contributed by atoms with Crippen molar-refractivity contribution in [1.29, 1.82) is 0 Å². The fraction of sp³-hybridized carbons (Fsp3) is 0.900. The molecule has 100 valence electrons. The van der Waals surface area contributed by atoms with Crippen molar-refractivity contribution in [3.8, 4) is 0 Å². The summed E-state index contributed by atoms with van der Waals surface area (Å²) < 4.78 is 0. The zero-order chi connectivity index (χ0) is 11.1. The zero-order valence-electron chi connectivity index (χ0n) is 10.5. The lowest BCUT2D eigenvalue weighted by Crippen LogP contribution is -2.44. The van der Waals surface area contributed by atoms with E-state index in [-0.39, 0.29) is 42.7 Å². The standard InChI is InChI=1S/C10H23N3O.2ClH/c1-8(2)9(11)10(14)12-6-5-7-13(3)4;;/h8-9H,5-7,11H2,1-4H3,(H,12,14);2*1H/t9-;;/m0../s1. The first-order valence-corrected chi connectivity index (χ1v) is 5.13. The number of nitrogens with two attached hydrogens (primary N) is 1. The number of hydrogen-bond donors (Lipinski definition) is 2. The highest BCUT2D eigenvalue weighted by atomic mass is 35.5. The summed E-state index contributed by atoms with van der Waals surface area (Å²) >= 11 is 0. The van der Waals surface area contributed by atoms with Gasteiger partial charge in [0.05, 0.1) is 6.04 Å². The molecule has 0 aliphatic carbocycles. The molecule has 0 unspecified atom stereocenters. The second-order valence-electron chi connectivity index (χ2n) is 4.22. The first kappa shape index (κ1) is 21.3. The van der Waals surface area contributed by atoms with Crippen molar-refractivity contribution in [3.63, 3.8) is 0 Å². The van der Waals surface area contributed by atoms with Crippen LogP contribution in [0.2, 0.25) is 0 Å². The molecular weight excluding hydrogens is 249 g/mol. The van der Waals surface area contributed by atoms with Crippen LogP contribution >= 0.6 is 24.8 Å². The number of nitrogens with one attached hydrogen (secondary N) is 1.